The van der Waals surface area contributed by atoms with Crippen molar-refractivity contribution in [3.8, 4) is 23.3 Å². The Hall–Kier alpha value is -1.62. The molecule has 23 heavy (non-hydrogen) atoms. The highest BCUT2D eigenvalue weighted by Crippen LogP contribution is 2.23. The molecule has 0 amide bonds. The van der Waals surface area contributed by atoms with Gasteiger partial charge in [-0.3, -0.25) is 0 Å². The molecule has 0 heterocycles. The van der Waals surface area contributed by atoms with Crippen molar-refractivity contribution in [3.63, 3.8) is 0 Å². The summed E-state index contributed by atoms with van der Waals surface area (Å²) >= 11 is 0. The second kappa shape index (κ2) is 11.9. The van der Waals surface area contributed by atoms with E-state index in [1.807, 2.05) is 6.07 Å². The minimum absolute atomic E-state index is 0.211. The molecule has 0 aliphatic rings. The zero-order chi connectivity index (χ0) is 16.9. The van der Waals surface area contributed by atoms with Gasteiger partial charge in [-0.1, -0.05) is 70.6 Å². The maximum absolute atomic E-state index is 9.48. The number of benzene rings is 1. The van der Waals surface area contributed by atoms with Crippen LogP contribution in [0.2, 0.25) is 0 Å². The van der Waals surface area contributed by atoms with E-state index >= 15 is 0 Å². The van der Waals surface area contributed by atoms with Crippen LogP contribution in [0.15, 0.2) is 18.2 Å². The molecule has 0 saturated heterocycles. The Bertz CT molecular complexity index is 496. The summed E-state index contributed by atoms with van der Waals surface area (Å²) < 4.78 is 5.27. The van der Waals surface area contributed by atoms with Gasteiger partial charge in [0, 0.05) is 12.0 Å². The van der Waals surface area contributed by atoms with Crippen molar-refractivity contribution in [1.29, 1.82) is 0 Å². The molecular weight excluding hydrogens is 284 g/mol. The molecular formula is C21H32O2. The van der Waals surface area contributed by atoms with Gasteiger partial charge in [0.2, 0.25) is 0 Å². The smallest absolute Gasteiger partial charge is 0.138 e. The van der Waals surface area contributed by atoms with Crippen LogP contribution in [0, 0.1) is 17.8 Å². The molecule has 1 aromatic carbocycles. The lowest BCUT2D eigenvalue weighted by atomic mass is 9.98. The molecule has 0 spiro atoms. The number of methoxy groups -OCH3 is 1. The van der Waals surface area contributed by atoms with E-state index in [-0.39, 0.29) is 5.75 Å². The predicted octanol–water partition coefficient (Wildman–Crippen LogP) is 5.92. The second-order valence-corrected chi connectivity index (χ2v) is 6.17. The molecule has 0 aliphatic heterocycles. The number of rotatable bonds is 10. The minimum atomic E-state index is 0.211. The van der Waals surface area contributed by atoms with Crippen LogP contribution < -0.4 is 4.74 Å². The first-order valence-corrected chi connectivity index (χ1v) is 9.09. The number of unbranched alkanes of at least 4 members (excludes halogenated alkanes) is 6. The van der Waals surface area contributed by atoms with Gasteiger partial charge in [0.1, 0.15) is 11.5 Å². The third kappa shape index (κ3) is 7.98. The van der Waals surface area contributed by atoms with Crippen molar-refractivity contribution in [3.05, 3.63) is 23.8 Å². The molecule has 1 N–H and O–H groups in total. The predicted molar refractivity (Wildman–Crippen MR) is 97.9 cm³/mol. The number of aromatic hydroxyl groups is 1. The van der Waals surface area contributed by atoms with Crippen molar-refractivity contribution < 1.29 is 9.84 Å². The van der Waals surface area contributed by atoms with E-state index in [0.29, 0.717) is 11.7 Å². The SMILES string of the molecule is CCCCCCCCCC(C#Cc1ccc(O)cc1OC)CC. The molecule has 1 unspecified atom stereocenters. The van der Waals surface area contributed by atoms with Crippen molar-refractivity contribution in [2.45, 2.75) is 71.6 Å². The fraction of sp³-hybridized carbons (Fsp3) is 0.619. The number of phenols is 1. The quantitative estimate of drug-likeness (QED) is 0.429. The Morgan fingerprint density at radius 3 is 2.39 bits per heavy atom. The largest absolute Gasteiger partial charge is 0.508 e. The molecule has 1 aromatic rings. The van der Waals surface area contributed by atoms with Crippen LogP contribution in [-0.2, 0) is 0 Å². The Morgan fingerprint density at radius 1 is 1.04 bits per heavy atom. The van der Waals surface area contributed by atoms with E-state index in [1.165, 1.54) is 51.4 Å². The molecule has 128 valence electrons. The number of phenolic OH excluding ortho intramolecular Hbond substituents is 1. The summed E-state index contributed by atoms with van der Waals surface area (Å²) in [7, 11) is 1.61. The third-order valence-corrected chi connectivity index (χ3v) is 4.25. The Labute approximate surface area is 142 Å². The van der Waals surface area contributed by atoms with Gasteiger partial charge in [-0.05, 0) is 25.0 Å². The van der Waals surface area contributed by atoms with E-state index in [1.54, 1.807) is 19.2 Å². The first-order valence-electron chi connectivity index (χ1n) is 9.09. The van der Waals surface area contributed by atoms with Gasteiger partial charge < -0.3 is 9.84 Å². The van der Waals surface area contributed by atoms with Gasteiger partial charge in [-0.2, -0.15) is 0 Å². The van der Waals surface area contributed by atoms with Crippen LogP contribution in [0.3, 0.4) is 0 Å². The van der Waals surface area contributed by atoms with Crippen molar-refractivity contribution >= 4 is 0 Å². The summed E-state index contributed by atoms with van der Waals surface area (Å²) in [6, 6.07) is 5.09. The topological polar surface area (TPSA) is 29.5 Å². The summed E-state index contributed by atoms with van der Waals surface area (Å²) in [6.45, 7) is 4.46. The normalized spacial score (nSPS) is 11.6. The summed E-state index contributed by atoms with van der Waals surface area (Å²) in [4.78, 5) is 0. The Morgan fingerprint density at radius 2 is 1.74 bits per heavy atom. The number of hydrogen-bond acceptors (Lipinski definition) is 2. The Balaban J connectivity index is 2.42. The summed E-state index contributed by atoms with van der Waals surface area (Å²) in [6.07, 6.45) is 11.7. The van der Waals surface area contributed by atoms with E-state index < -0.39 is 0 Å². The van der Waals surface area contributed by atoms with Crippen molar-refractivity contribution in [2.24, 2.45) is 5.92 Å². The highest BCUT2D eigenvalue weighted by Gasteiger charge is 2.04. The molecule has 2 heteroatoms. The first kappa shape index (κ1) is 19.4. The molecule has 0 bridgehead atoms. The van der Waals surface area contributed by atoms with Crippen LogP contribution in [0.4, 0.5) is 0 Å². The molecule has 2 nitrogen and oxygen atoms in total. The molecule has 0 saturated carbocycles. The maximum atomic E-state index is 9.48. The summed E-state index contributed by atoms with van der Waals surface area (Å²) in [5.41, 5.74) is 0.850. The van der Waals surface area contributed by atoms with Gasteiger partial charge in [0.15, 0.2) is 0 Å². The van der Waals surface area contributed by atoms with Crippen LogP contribution >= 0.6 is 0 Å². The summed E-state index contributed by atoms with van der Waals surface area (Å²) in [5.74, 6) is 7.91. The van der Waals surface area contributed by atoms with Gasteiger partial charge in [-0.15, -0.1) is 0 Å². The number of ether oxygens (including phenoxy) is 1. The second-order valence-electron chi connectivity index (χ2n) is 6.17. The van der Waals surface area contributed by atoms with E-state index in [9.17, 15) is 5.11 Å². The van der Waals surface area contributed by atoms with Gasteiger partial charge in [0.25, 0.3) is 0 Å². The first-order chi connectivity index (χ1) is 11.2. The highest BCUT2D eigenvalue weighted by molar-refractivity contribution is 5.49. The molecule has 1 atom stereocenters. The van der Waals surface area contributed by atoms with Crippen LogP contribution in [-0.4, -0.2) is 12.2 Å². The van der Waals surface area contributed by atoms with E-state index in [4.69, 9.17) is 4.74 Å². The number of hydrogen-bond donors (Lipinski definition) is 1. The monoisotopic (exact) mass is 316 g/mol. The highest BCUT2D eigenvalue weighted by atomic mass is 16.5. The van der Waals surface area contributed by atoms with Crippen LogP contribution in [0.5, 0.6) is 11.5 Å². The Kier molecular flexibility index (Phi) is 10.0. The zero-order valence-corrected chi connectivity index (χ0v) is 15.0. The van der Waals surface area contributed by atoms with Crippen LogP contribution in [0.1, 0.15) is 77.2 Å². The average molecular weight is 316 g/mol. The lowest BCUT2D eigenvalue weighted by Crippen LogP contribution is -1.96. The minimum Gasteiger partial charge on any atom is -0.508 e. The lowest BCUT2D eigenvalue weighted by molar-refractivity contribution is 0.406. The van der Waals surface area contributed by atoms with E-state index in [0.717, 1.165) is 12.0 Å². The van der Waals surface area contributed by atoms with Gasteiger partial charge in [0.05, 0.1) is 12.7 Å². The van der Waals surface area contributed by atoms with Gasteiger partial charge in [-0.25, -0.2) is 0 Å². The van der Waals surface area contributed by atoms with Gasteiger partial charge >= 0.3 is 0 Å². The lowest BCUT2D eigenvalue weighted by Gasteiger charge is -2.08. The van der Waals surface area contributed by atoms with Crippen molar-refractivity contribution in [1.82, 2.24) is 0 Å². The standard InChI is InChI=1S/C21H32O2/c1-4-6-7-8-9-10-11-12-18(5-2)13-14-19-15-16-20(22)17-21(19)23-3/h15-18,22H,4-12H2,1-3H3. The maximum Gasteiger partial charge on any atom is 0.138 e. The van der Waals surface area contributed by atoms with E-state index in [2.05, 4.69) is 25.7 Å². The fourth-order valence-electron chi connectivity index (χ4n) is 2.69. The third-order valence-electron chi connectivity index (χ3n) is 4.25. The fourth-order valence-corrected chi connectivity index (χ4v) is 2.69. The molecule has 1 rings (SSSR count). The average Bonchev–Trinajstić information content (AvgIpc) is 2.57. The van der Waals surface area contributed by atoms with Crippen molar-refractivity contribution in [2.75, 3.05) is 7.11 Å². The molecule has 0 radical (unpaired) electrons. The zero-order valence-electron chi connectivity index (χ0n) is 15.0. The van der Waals surface area contributed by atoms with Crippen LogP contribution in [0.25, 0.3) is 0 Å². The molecule has 0 aliphatic carbocycles. The molecule has 0 aromatic heterocycles. The summed E-state index contributed by atoms with van der Waals surface area (Å²) in [5, 5.41) is 9.48. The molecule has 0 fully saturated rings.